The van der Waals surface area contributed by atoms with Gasteiger partial charge in [0, 0.05) is 11.6 Å². The van der Waals surface area contributed by atoms with Crippen LogP contribution in [-0.2, 0) is 21.7 Å². The lowest BCUT2D eigenvalue weighted by Crippen LogP contribution is -2.54. The van der Waals surface area contributed by atoms with E-state index < -0.39 is 5.60 Å². The van der Waals surface area contributed by atoms with Crippen molar-refractivity contribution in [3.63, 3.8) is 0 Å². The van der Waals surface area contributed by atoms with Gasteiger partial charge in [-0.05, 0) is 43.1 Å². The molecule has 2 atom stereocenters. The van der Waals surface area contributed by atoms with Crippen LogP contribution in [0.1, 0.15) is 24.5 Å². The van der Waals surface area contributed by atoms with E-state index in [1.807, 2.05) is 49.4 Å². The van der Waals surface area contributed by atoms with Gasteiger partial charge in [0.15, 0.2) is 0 Å². The van der Waals surface area contributed by atoms with Gasteiger partial charge in [-0.1, -0.05) is 66.2 Å². The number of hydrogen-bond donors (Lipinski definition) is 1. The standard InChI is InChI=1S/C22H26ClNO2/c1-2-3-15-25-21-16-24-14-13-22(21,19-9-11-20(23)12-10-19)26-17-18-7-5-4-6-8-18/h2-12,21,24H,13-17H2,1H3/b3-2+. The third-order valence-electron chi connectivity index (χ3n) is 4.82. The van der Waals surface area contributed by atoms with Crippen molar-refractivity contribution in [3.8, 4) is 0 Å². The Morgan fingerprint density at radius 1 is 1.15 bits per heavy atom. The van der Waals surface area contributed by atoms with Crippen LogP contribution in [0.25, 0.3) is 0 Å². The van der Waals surface area contributed by atoms with E-state index in [-0.39, 0.29) is 6.10 Å². The van der Waals surface area contributed by atoms with E-state index in [1.54, 1.807) is 0 Å². The first-order chi connectivity index (χ1) is 12.7. The van der Waals surface area contributed by atoms with E-state index in [0.29, 0.717) is 13.2 Å². The second-order valence-corrected chi connectivity index (χ2v) is 6.95. The fourth-order valence-corrected chi connectivity index (χ4v) is 3.52. The van der Waals surface area contributed by atoms with Gasteiger partial charge in [0.1, 0.15) is 11.7 Å². The highest BCUT2D eigenvalue weighted by Gasteiger charge is 2.44. The van der Waals surface area contributed by atoms with Crippen LogP contribution < -0.4 is 5.32 Å². The molecule has 2 aromatic rings. The first kappa shape index (κ1) is 19.1. The van der Waals surface area contributed by atoms with Crippen molar-refractivity contribution in [2.75, 3.05) is 19.7 Å². The van der Waals surface area contributed by atoms with Gasteiger partial charge in [-0.3, -0.25) is 0 Å². The third kappa shape index (κ3) is 4.54. The van der Waals surface area contributed by atoms with Crippen molar-refractivity contribution in [2.24, 2.45) is 0 Å². The van der Waals surface area contributed by atoms with Crippen LogP contribution in [0.2, 0.25) is 5.02 Å². The summed E-state index contributed by atoms with van der Waals surface area (Å²) < 4.78 is 12.8. The van der Waals surface area contributed by atoms with Crippen LogP contribution in [0.15, 0.2) is 66.7 Å². The first-order valence-electron chi connectivity index (χ1n) is 9.12. The highest BCUT2D eigenvalue weighted by atomic mass is 35.5. The molecule has 3 rings (SSSR count). The fourth-order valence-electron chi connectivity index (χ4n) is 3.39. The molecule has 0 aliphatic carbocycles. The zero-order chi connectivity index (χ0) is 18.2. The molecule has 2 unspecified atom stereocenters. The number of piperidine rings is 1. The monoisotopic (exact) mass is 371 g/mol. The van der Waals surface area contributed by atoms with Crippen molar-refractivity contribution in [1.82, 2.24) is 5.32 Å². The molecule has 26 heavy (non-hydrogen) atoms. The highest BCUT2D eigenvalue weighted by Crippen LogP contribution is 2.38. The molecule has 1 N–H and O–H groups in total. The maximum absolute atomic E-state index is 6.59. The SMILES string of the molecule is C/C=C/COC1CNCCC1(OCc1ccccc1)c1ccc(Cl)cc1. The summed E-state index contributed by atoms with van der Waals surface area (Å²) in [5.74, 6) is 0. The Balaban J connectivity index is 1.89. The molecule has 3 nitrogen and oxygen atoms in total. The molecule has 1 saturated heterocycles. The normalized spacial score (nSPS) is 23.4. The molecule has 1 fully saturated rings. The molecule has 1 aliphatic heterocycles. The topological polar surface area (TPSA) is 30.5 Å². The molecule has 4 heteroatoms. The third-order valence-corrected chi connectivity index (χ3v) is 5.08. The van der Waals surface area contributed by atoms with Crippen LogP contribution in [0.4, 0.5) is 0 Å². The van der Waals surface area contributed by atoms with Gasteiger partial charge in [-0.2, -0.15) is 0 Å². The minimum atomic E-state index is -0.493. The van der Waals surface area contributed by atoms with Gasteiger partial charge in [0.25, 0.3) is 0 Å². The summed E-state index contributed by atoms with van der Waals surface area (Å²) in [6, 6.07) is 18.2. The molecular formula is C22H26ClNO2. The summed E-state index contributed by atoms with van der Waals surface area (Å²) in [7, 11) is 0. The van der Waals surface area contributed by atoms with Gasteiger partial charge in [0.2, 0.25) is 0 Å². The Bertz CT molecular complexity index is 702. The van der Waals surface area contributed by atoms with E-state index in [0.717, 1.165) is 35.7 Å². The number of halogens is 1. The number of allylic oxidation sites excluding steroid dienone is 1. The molecule has 0 radical (unpaired) electrons. The van der Waals surface area contributed by atoms with E-state index in [9.17, 15) is 0 Å². The Hall–Kier alpha value is -1.65. The summed E-state index contributed by atoms with van der Waals surface area (Å²) in [6.07, 6.45) is 4.81. The van der Waals surface area contributed by atoms with Crippen LogP contribution in [0.3, 0.4) is 0 Å². The number of rotatable bonds is 7. The van der Waals surface area contributed by atoms with Gasteiger partial charge < -0.3 is 14.8 Å². The Kier molecular flexibility index (Phi) is 6.86. The summed E-state index contributed by atoms with van der Waals surface area (Å²) in [5.41, 5.74) is 1.78. The van der Waals surface area contributed by atoms with Crippen molar-refractivity contribution >= 4 is 11.6 Å². The van der Waals surface area contributed by atoms with Crippen molar-refractivity contribution in [3.05, 3.63) is 82.9 Å². The molecule has 1 heterocycles. The average Bonchev–Trinajstić information content (AvgIpc) is 2.69. The Labute approximate surface area is 161 Å². The largest absolute Gasteiger partial charge is 0.369 e. The number of benzene rings is 2. The molecule has 138 valence electrons. The maximum atomic E-state index is 6.59. The second kappa shape index (κ2) is 9.33. The van der Waals surface area contributed by atoms with Crippen LogP contribution in [0, 0.1) is 0 Å². The number of ether oxygens (including phenoxy) is 2. The lowest BCUT2D eigenvalue weighted by molar-refractivity contribution is -0.168. The van der Waals surface area contributed by atoms with Crippen molar-refractivity contribution in [2.45, 2.75) is 31.7 Å². The predicted octanol–water partition coefficient (Wildman–Crippen LogP) is 4.71. The predicted molar refractivity (Wildman–Crippen MR) is 106 cm³/mol. The molecule has 0 amide bonds. The lowest BCUT2D eigenvalue weighted by Gasteiger charge is -2.44. The molecule has 2 aromatic carbocycles. The van der Waals surface area contributed by atoms with Crippen molar-refractivity contribution < 1.29 is 9.47 Å². The van der Waals surface area contributed by atoms with Gasteiger partial charge in [0.05, 0.1) is 13.2 Å². The summed E-state index contributed by atoms with van der Waals surface area (Å²) in [4.78, 5) is 0. The minimum Gasteiger partial charge on any atom is -0.369 e. The van der Waals surface area contributed by atoms with E-state index in [2.05, 4.69) is 29.6 Å². The first-order valence-corrected chi connectivity index (χ1v) is 9.50. The van der Waals surface area contributed by atoms with E-state index >= 15 is 0 Å². The van der Waals surface area contributed by atoms with E-state index in [1.165, 1.54) is 0 Å². The molecule has 1 aliphatic rings. The Morgan fingerprint density at radius 3 is 2.65 bits per heavy atom. The minimum absolute atomic E-state index is 0.0719. The summed E-state index contributed by atoms with van der Waals surface area (Å²) in [6.45, 7) is 4.77. The summed E-state index contributed by atoms with van der Waals surface area (Å²) in [5, 5.41) is 4.17. The zero-order valence-corrected chi connectivity index (χ0v) is 15.9. The van der Waals surface area contributed by atoms with Gasteiger partial charge >= 0.3 is 0 Å². The highest BCUT2D eigenvalue weighted by molar-refractivity contribution is 6.30. The molecule has 0 aromatic heterocycles. The maximum Gasteiger partial charge on any atom is 0.122 e. The quantitative estimate of drug-likeness (QED) is 0.715. The number of nitrogens with one attached hydrogen (secondary N) is 1. The molecule has 0 spiro atoms. The number of hydrogen-bond acceptors (Lipinski definition) is 3. The molecule has 0 saturated carbocycles. The fraction of sp³-hybridized carbons (Fsp3) is 0.364. The van der Waals surface area contributed by atoms with Crippen LogP contribution in [-0.4, -0.2) is 25.8 Å². The van der Waals surface area contributed by atoms with Crippen LogP contribution >= 0.6 is 11.6 Å². The van der Waals surface area contributed by atoms with Crippen LogP contribution in [0.5, 0.6) is 0 Å². The summed E-state index contributed by atoms with van der Waals surface area (Å²) >= 11 is 6.11. The van der Waals surface area contributed by atoms with Gasteiger partial charge in [-0.15, -0.1) is 0 Å². The van der Waals surface area contributed by atoms with Crippen molar-refractivity contribution in [1.29, 1.82) is 0 Å². The smallest absolute Gasteiger partial charge is 0.122 e. The second-order valence-electron chi connectivity index (χ2n) is 6.52. The molecule has 0 bridgehead atoms. The lowest BCUT2D eigenvalue weighted by atomic mass is 9.82. The Morgan fingerprint density at radius 2 is 1.92 bits per heavy atom. The van der Waals surface area contributed by atoms with Gasteiger partial charge in [-0.25, -0.2) is 0 Å². The average molecular weight is 372 g/mol. The molecular weight excluding hydrogens is 346 g/mol. The van der Waals surface area contributed by atoms with E-state index in [4.69, 9.17) is 21.1 Å². The zero-order valence-electron chi connectivity index (χ0n) is 15.2.